The van der Waals surface area contributed by atoms with Gasteiger partial charge in [0.05, 0.1) is 0 Å². The molecule has 9 aromatic rings. The first-order valence-corrected chi connectivity index (χ1v) is 18.3. The van der Waals surface area contributed by atoms with Gasteiger partial charge < -0.3 is 8.98 Å². The first-order chi connectivity index (χ1) is 24.2. The molecule has 1 aliphatic carbocycles. The molecule has 230 valence electrons. The van der Waals surface area contributed by atoms with Crippen molar-refractivity contribution in [2.75, 3.05) is 0 Å². The lowest BCUT2D eigenvalue weighted by molar-refractivity contribution is 0.592. The number of rotatable bonds is 5. The third-order valence-corrected chi connectivity index (χ3v) is 13.2. The highest BCUT2D eigenvalue weighted by atomic mass is 31.2. The monoisotopic (exact) mass is 644 g/mol. The van der Waals surface area contributed by atoms with E-state index in [1.54, 1.807) is 0 Å². The highest BCUT2D eigenvalue weighted by Gasteiger charge is 2.30. The predicted molar refractivity (Wildman–Crippen MR) is 206 cm³/mol. The van der Waals surface area contributed by atoms with Crippen LogP contribution in [0.15, 0.2) is 180 Å². The molecular formula is C46H29O2P. The quantitative estimate of drug-likeness (QED) is 0.175. The van der Waals surface area contributed by atoms with Crippen LogP contribution in [0.1, 0.15) is 0 Å². The number of fused-ring (bicyclic) bond motifs is 7. The van der Waals surface area contributed by atoms with E-state index in [4.69, 9.17) is 4.42 Å². The molecule has 3 heteroatoms. The molecule has 2 nitrogen and oxygen atoms in total. The van der Waals surface area contributed by atoms with Crippen LogP contribution in [0.2, 0.25) is 0 Å². The second-order valence-corrected chi connectivity index (χ2v) is 15.5. The maximum absolute atomic E-state index is 14.8. The first kappa shape index (κ1) is 28.1. The first-order valence-electron chi connectivity index (χ1n) is 16.6. The maximum Gasteiger partial charge on any atom is 0.171 e. The Morgan fingerprint density at radius 2 is 0.898 bits per heavy atom. The van der Waals surface area contributed by atoms with Gasteiger partial charge in [-0.05, 0) is 67.4 Å². The lowest BCUT2D eigenvalue weighted by Crippen LogP contribution is -2.24. The Hall–Kier alpha value is -5.95. The van der Waals surface area contributed by atoms with E-state index in [-0.39, 0.29) is 0 Å². The van der Waals surface area contributed by atoms with E-state index in [9.17, 15) is 4.57 Å². The highest BCUT2D eigenvalue weighted by Crippen LogP contribution is 2.53. The number of hydrogen-bond donors (Lipinski definition) is 0. The summed E-state index contributed by atoms with van der Waals surface area (Å²) in [5.41, 5.74) is 11.5. The van der Waals surface area contributed by atoms with Crippen LogP contribution < -0.4 is 15.9 Å². The predicted octanol–water partition coefficient (Wildman–Crippen LogP) is 11.4. The second kappa shape index (κ2) is 10.8. The summed E-state index contributed by atoms with van der Waals surface area (Å²) in [5, 5.41) is 7.39. The molecule has 0 N–H and O–H groups in total. The van der Waals surface area contributed by atoms with Crippen molar-refractivity contribution >= 4 is 55.8 Å². The summed E-state index contributed by atoms with van der Waals surface area (Å²) in [5.74, 6) is 0. The Kier molecular flexibility index (Phi) is 6.19. The number of furan rings is 1. The average Bonchev–Trinajstić information content (AvgIpc) is 3.72. The molecule has 1 aromatic heterocycles. The fourth-order valence-electron chi connectivity index (χ4n) is 7.86. The van der Waals surface area contributed by atoms with Crippen LogP contribution in [0.3, 0.4) is 0 Å². The summed E-state index contributed by atoms with van der Waals surface area (Å²) >= 11 is 0. The van der Waals surface area contributed by atoms with E-state index in [1.807, 2.05) is 84.9 Å². The van der Waals surface area contributed by atoms with Gasteiger partial charge in [0.25, 0.3) is 0 Å². The molecule has 0 aliphatic heterocycles. The van der Waals surface area contributed by atoms with Crippen molar-refractivity contribution in [2.45, 2.75) is 0 Å². The Morgan fingerprint density at radius 1 is 0.367 bits per heavy atom. The van der Waals surface area contributed by atoms with Crippen molar-refractivity contribution in [3.8, 4) is 44.5 Å². The highest BCUT2D eigenvalue weighted by molar-refractivity contribution is 7.85. The zero-order valence-electron chi connectivity index (χ0n) is 26.5. The van der Waals surface area contributed by atoms with Gasteiger partial charge in [-0.2, -0.15) is 0 Å². The Morgan fingerprint density at radius 3 is 1.61 bits per heavy atom. The Labute approximate surface area is 284 Å². The molecule has 0 atom stereocenters. The molecule has 0 unspecified atom stereocenters. The lowest BCUT2D eigenvalue weighted by atomic mass is 9.92. The SMILES string of the molecule is O=P(c1ccccc1)(c1ccccc1)c1ccc(-c2ccc(-c3cccc4c3-c3cccc5c3c-4cc3oc4ccccc4c35)cc2)cc1. The van der Waals surface area contributed by atoms with Crippen molar-refractivity contribution < 1.29 is 8.98 Å². The maximum atomic E-state index is 14.8. The Balaban J connectivity index is 1.03. The summed E-state index contributed by atoms with van der Waals surface area (Å²) in [4.78, 5) is 0. The van der Waals surface area contributed by atoms with Gasteiger partial charge in [-0.3, -0.25) is 0 Å². The number of para-hydroxylation sites is 1. The second-order valence-electron chi connectivity index (χ2n) is 12.8. The van der Waals surface area contributed by atoms with Crippen molar-refractivity contribution in [1.82, 2.24) is 0 Å². The minimum Gasteiger partial charge on any atom is -0.456 e. The van der Waals surface area contributed by atoms with Crippen molar-refractivity contribution in [3.63, 3.8) is 0 Å². The van der Waals surface area contributed by atoms with Crippen LogP contribution >= 0.6 is 7.14 Å². The summed E-state index contributed by atoms with van der Waals surface area (Å²) in [6.07, 6.45) is 0. The van der Waals surface area contributed by atoms with Crippen LogP contribution in [0.4, 0.5) is 0 Å². The molecule has 49 heavy (non-hydrogen) atoms. The minimum absolute atomic E-state index is 0.832. The molecule has 0 saturated carbocycles. The van der Waals surface area contributed by atoms with Crippen molar-refractivity contribution in [2.24, 2.45) is 0 Å². The van der Waals surface area contributed by atoms with Gasteiger partial charge in [-0.15, -0.1) is 0 Å². The summed E-state index contributed by atoms with van der Waals surface area (Å²) < 4.78 is 21.2. The van der Waals surface area contributed by atoms with Gasteiger partial charge in [0.15, 0.2) is 7.14 Å². The van der Waals surface area contributed by atoms with Crippen LogP contribution in [0, 0.1) is 0 Å². The fraction of sp³-hybridized carbons (Fsp3) is 0. The molecule has 0 radical (unpaired) electrons. The molecule has 8 aromatic carbocycles. The van der Waals surface area contributed by atoms with Crippen LogP contribution in [-0.2, 0) is 4.57 Å². The van der Waals surface area contributed by atoms with Crippen LogP contribution in [-0.4, -0.2) is 0 Å². The Bertz CT molecular complexity index is 2720. The lowest BCUT2D eigenvalue weighted by Gasteiger charge is -2.20. The molecule has 0 saturated heterocycles. The minimum atomic E-state index is -3.02. The molecule has 1 aliphatic rings. The van der Waals surface area contributed by atoms with Crippen LogP contribution in [0.25, 0.3) is 77.2 Å². The topological polar surface area (TPSA) is 30.2 Å². The van der Waals surface area contributed by atoms with Gasteiger partial charge in [0.1, 0.15) is 11.2 Å². The zero-order chi connectivity index (χ0) is 32.5. The normalized spacial score (nSPS) is 12.2. The molecule has 0 spiro atoms. The summed E-state index contributed by atoms with van der Waals surface area (Å²) in [7, 11) is -3.02. The molecule has 0 bridgehead atoms. The average molecular weight is 645 g/mol. The molecular weight excluding hydrogens is 615 g/mol. The van der Waals surface area contributed by atoms with Crippen LogP contribution in [0.5, 0.6) is 0 Å². The summed E-state index contributed by atoms with van der Waals surface area (Å²) in [6.45, 7) is 0. The molecule has 1 heterocycles. The third kappa shape index (κ3) is 4.18. The molecule has 0 fully saturated rings. The van der Waals surface area contributed by atoms with Gasteiger partial charge in [-0.1, -0.05) is 164 Å². The van der Waals surface area contributed by atoms with Gasteiger partial charge >= 0.3 is 0 Å². The van der Waals surface area contributed by atoms with E-state index >= 15 is 0 Å². The number of hydrogen-bond acceptors (Lipinski definition) is 2. The third-order valence-electron chi connectivity index (χ3n) is 10.1. The fourth-order valence-corrected chi connectivity index (χ4v) is 10.5. The van der Waals surface area contributed by atoms with Crippen molar-refractivity contribution in [3.05, 3.63) is 176 Å². The van der Waals surface area contributed by atoms with E-state index < -0.39 is 7.14 Å². The van der Waals surface area contributed by atoms with Gasteiger partial charge in [-0.25, -0.2) is 0 Å². The van der Waals surface area contributed by atoms with Gasteiger partial charge in [0.2, 0.25) is 0 Å². The van der Waals surface area contributed by atoms with E-state index in [0.717, 1.165) is 43.6 Å². The van der Waals surface area contributed by atoms with E-state index in [2.05, 4.69) is 91.0 Å². The van der Waals surface area contributed by atoms with Gasteiger partial charge in [0, 0.05) is 26.7 Å². The standard InChI is InChI=1S/C46H29O2P/c47-49(33-11-3-1-4-12-33,34-13-5-2-6-14-34)35-27-25-31(26-28-35)30-21-23-32(24-22-30)36-16-9-17-37-41-29-43-46(38-15-7-8-20-42(38)48-43)40-19-10-18-39(44(36)37)45(40)41/h1-29H. The van der Waals surface area contributed by atoms with E-state index in [1.165, 1.54) is 49.5 Å². The summed E-state index contributed by atoms with van der Waals surface area (Å²) in [6, 6.07) is 60.6. The number of benzene rings is 8. The zero-order valence-corrected chi connectivity index (χ0v) is 27.4. The van der Waals surface area contributed by atoms with Crippen molar-refractivity contribution in [1.29, 1.82) is 0 Å². The smallest absolute Gasteiger partial charge is 0.171 e. The largest absolute Gasteiger partial charge is 0.456 e. The van der Waals surface area contributed by atoms with E-state index in [0.29, 0.717) is 0 Å². The molecule has 0 amide bonds. The molecule has 10 rings (SSSR count).